The highest BCUT2D eigenvalue weighted by molar-refractivity contribution is 4.85. The zero-order valence-corrected chi connectivity index (χ0v) is 8.47. The topological polar surface area (TPSA) is 21.3 Å². The summed E-state index contributed by atoms with van der Waals surface area (Å²) < 4.78 is 5.62. The van der Waals surface area contributed by atoms with Crippen molar-refractivity contribution in [2.45, 2.75) is 45.3 Å². The summed E-state index contributed by atoms with van der Waals surface area (Å²) in [5, 5.41) is 3.37. The molecule has 0 aliphatic heterocycles. The Kier molecular flexibility index (Phi) is 4.02. The van der Waals surface area contributed by atoms with Crippen LogP contribution in [-0.2, 0) is 4.74 Å². The van der Waals surface area contributed by atoms with Gasteiger partial charge in [0, 0.05) is 18.6 Å². The van der Waals surface area contributed by atoms with Crippen LogP contribution in [0.2, 0.25) is 0 Å². The Morgan fingerprint density at radius 3 is 2.83 bits per heavy atom. The molecule has 1 fully saturated rings. The predicted octanol–water partition coefficient (Wildman–Crippen LogP) is 1.80. The van der Waals surface area contributed by atoms with Gasteiger partial charge in [0.05, 0.1) is 6.10 Å². The molecule has 12 heavy (non-hydrogen) atoms. The Balaban J connectivity index is 2.38. The summed E-state index contributed by atoms with van der Waals surface area (Å²) in [5.41, 5.74) is 0. The number of ether oxygens (including phenoxy) is 1. The van der Waals surface area contributed by atoms with E-state index in [9.17, 15) is 0 Å². The van der Waals surface area contributed by atoms with Gasteiger partial charge in [0.2, 0.25) is 0 Å². The summed E-state index contributed by atoms with van der Waals surface area (Å²) in [6, 6.07) is 0.687. The van der Waals surface area contributed by atoms with Crippen molar-refractivity contribution in [3.05, 3.63) is 0 Å². The molecule has 3 atom stereocenters. The van der Waals surface area contributed by atoms with E-state index in [1.807, 2.05) is 0 Å². The van der Waals surface area contributed by atoms with Crippen LogP contribution in [0.3, 0.4) is 0 Å². The fourth-order valence-electron chi connectivity index (χ4n) is 2.30. The molecule has 0 spiro atoms. The first-order valence-electron chi connectivity index (χ1n) is 5.08. The molecule has 0 unspecified atom stereocenters. The molecule has 0 amide bonds. The summed E-state index contributed by atoms with van der Waals surface area (Å²) in [5.74, 6) is 0.731. The predicted molar refractivity (Wildman–Crippen MR) is 51.3 cm³/mol. The van der Waals surface area contributed by atoms with Gasteiger partial charge >= 0.3 is 0 Å². The van der Waals surface area contributed by atoms with Crippen LogP contribution < -0.4 is 5.32 Å². The average Bonchev–Trinajstić information content (AvgIpc) is 2.51. The number of hydrogen-bond donors (Lipinski definition) is 1. The summed E-state index contributed by atoms with van der Waals surface area (Å²) in [6.45, 7) is 5.11. The highest BCUT2D eigenvalue weighted by Gasteiger charge is 2.30. The van der Waals surface area contributed by atoms with E-state index in [-0.39, 0.29) is 0 Å². The van der Waals surface area contributed by atoms with Gasteiger partial charge in [-0.15, -0.1) is 0 Å². The normalized spacial score (nSPS) is 32.2. The third-order valence-corrected chi connectivity index (χ3v) is 2.97. The van der Waals surface area contributed by atoms with Gasteiger partial charge in [0.1, 0.15) is 0 Å². The second kappa shape index (κ2) is 4.83. The molecule has 72 valence electrons. The molecule has 0 saturated heterocycles. The molecule has 1 aliphatic carbocycles. The molecule has 0 aromatic rings. The minimum Gasteiger partial charge on any atom is -0.378 e. The van der Waals surface area contributed by atoms with Gasteiger partial charge in [-0.1, -0.05) is 6.42 Å². The molecule has 0 heterocycles. The van der Waals surface area contributed by atoms with Crippen LogP contribution in [0.25, 0.3) is 0 Å². The van der Waals surface area contributed by atoms with Crippen molar-refractivity contribution in [2.75, 3.05) is 13.7 Å². The molecular weight excluding hydrogens is 150 g/mol. The Bertz CT molecular complexity index is 127. The zero-order chi connectivity index (χ0) is 8.97. The van der Waals surface area contributed by atoms with Gasteiger partial charge in [-0.3, -0.25) is 0 Å². The van der Waals surface area contributed by atoms with Crippen LogP contribution in [0.15, 0.2) is 0 Å². The monoisotopic (exact) mass is 171 g/mol. The Labute approximate surface area is 75.7 Å². The lowest BCUT2D eigenvalue weighted by Crippen LogP contribution is -2.36. The molecule has 0 aromatic carbocycles. The maximum atomic E-state index is 5.62. The lowest BCUT2D eigenvalue weighted by Gasteiger charge is -2.25. The Morgan fingerprint density at radius 1 is 1.50 bits per heavy atom. The van der Waals surface area contributed by atoms with E-state index < -0.39 is 0 Å². The van der Waals surface area contributed by atoms with Gasteiger partial charge in [-0.25, -0.2) is 0 Å². The largest absolute Gasteiger partial charge is 0.378 e. The maximum Gasteiger partial charge on any atom is 0.0589 e. The Hall–Kier alpha value is -0.0800. The number of hydrogen-bond acceptors (Lipinski definition) is 2. The SMILES string of the molecule is CCO[C@@H](C)[C@@H]1CCC[C@@H]1NC. The highest BCUT2D eigenvalue weighted by atomic mass is 16.5. The summed E-state index contributed by atoms with van der Waals surface area (Å²) in [7, 11) is 2.06. The van der Waals surface area contributed by atoms with Crippen molar-refractivity contribution in [2.24, 2.45) is 5.92 Å². The second-order valence-corrected chi connectivity index (χ2v) is 3.65. The summed E-state index contributed by atoms with van der Waals surface area (Å²) in [4.78, 5) is 0. The van der Waals surface area contributed by atoms with Crippen LogP contribution in [0.4, 0.5) is 0 Å². The first-order valence-corrected chi connectivity index (χ1v) is 5.08. The van der Waals surface area contributed by atoms with Crippen molar-refractivity contribution in [3.63, 3.8) is 0 Å². The lowest BCUT2D eigenvalue weighted by atomic mass is 9.98. The van der Waals surface area contributed by atoms with Crippen molar-refractivity contribution in [3.8, 4) is 0 Å². The fourth-order valence-corrected chi connectivity index (χ4v) is 2.30. The summed E-state index contributed by atoms with van der Waals surface area (Å²) in [6.07, 6.45) is 4.42. The third-order valence-electron chi connectivity index (χ3n) is 2.97. The molecule has 1 saturated carbocycles. The minimum absolute atomic E-state index is 0.426. The minimum atomic E-state index is 0.426. The van der Waals surface area contributed by atoms with E-state index in [2.05, 4.69) is 26.2 Å². The van der Waals surface area contributed by atoms with E-state index in [4.69, 9.17) is 4.74 Å². The van der Waals surface area contributed by atoms with Gasteiger partial charge in [-0.05, 0) is 33.7 Å². The highest BCUT2D eigenvalue weighted by Crippen LogP contribution is 2.29. The van der Waals surface area contributed by atoms with E-state index in [1.165, 1.54) is 19.3 Å². The molecule has 2 nitrogen and oxygen atoms in total. The molecule has 0 bridgehead atoms. The van der Waals surface area contributed by atoms with Crippen molar-refractivity contribution in [1.29, 1.82) is 0 Å². The second-order valence-electron chi connectivity index (χ2n) is 3.65. The van der Waals surface area contributed by atoms with Crippen LogP contribution in [-0.4, -0.2) is 25.8 Å². The van der Waals surface area contributed by atoms with Gasteiger partial charge in [0.25, 0.3) is 0 Å². The standard InChI is InChI=1S/C10H21NO/c1-4-12-8(2)9-6-5-7-10(9)11-3/h8-11H,4-7H2,1-3H3/t8-,9-,10-/m0/s1. The van der Waals surface area contributed by atoms with Crippen LogP contribution in [0, 0.1) is 5.92 Å². The molecular formula is C10H21NO. The van der Waals surface area contributed by atoms with E-state index in [0.29, 0.717) is 12.1 Å². The van der Waals surface area contributed by atoms with Gasteiger partial charge in [-0.2, -0.15) is 0 Å². The number of nitrogens with one attached hydrogen (secondary N) is 1. The maximum absolute atomic E-state index is 5.62. The van der Waals surface area contributed by atoms with Crippen LogP contribution >= 0.6 is 0 Å². The third kappa shape index (κ3) is 2.20. The average molecular weight is 171 g/mol. The zero-order valence-electron chi connectivity index (χ0n) is 8.47. The van der Waals surface area contributed by atoms with Crippen LogP contribution in [0.1, 0.15) is 33.1 Å². The fraction of sp³-hybridized carbons (Fsp3) is 1.00. The summed E-state index contributed by atoms with van der Waals surface area (Å²) >= 11 is 0. The molecule has 2 heteroatoms. The Morgan fingerprint density at radius 2 is 2.25 bits per heavy atom. The molecule has 0 radical (unpaired) electrons. The first-order chi connectivity index (χ1) is 5.79. The molecule has 1 N–H and O–H groups in total. The van der Waals surface area contributed by atoms with Gasteiger partial charge < -0.3 is 10.1 Å². The van der Waals surface area contributed by atoms with Crippen molar-refractivity contribution >= 4 is 0 Å². The molecule has 0 aromatic heterocycles. The number of rotatable bonds is 4. The van der Waals surface area contributed by atoms with Crippen LogP contribution in [0.5, 0.6) is 0 Å². The van der Waals surface area contributed by atoms with Crippen molar-refractivity contribution < 1.29 is 4.74 Å². The molecule has 1 aliphatic rings. The molecule has 1 rings (SSSR count). The van der Waals surface area contributed by atoms with Crippen molar-refractivity contribution in [1.82, 2.24) is 5.32 Å². The quantitative estimate of drug-likeness (QED) is 0.696. The first kappa shape index (κ1) is 10.0. The van der Waals surface area contributed by atoms with E-state index in [1.54, 1.807) is 0 Å². The smallest absolute Gasteiger partial charge is 0.0589 e. The van der Waals surface area contributed by atoms with E-state index in [0.717, 1.165) is 12.5 Å². The van der Waals surface area contributed by atoms with Gasteiger partial charge in [0.15, 0.2) is 0 Å². The lowest BCUT2D eigenvalue weighted by molar-refractivity contribution is 0.0272. The van der Waals surface area contributed by atoms with E-state index >= 15 is 0 Å².